The Morgan fingerprint density at radius 2 is 2.03 bits per heavy atom. The van der Waals surface area contributed by atoms with Crippen LogP contribution >= 0.6 is 0 Å². The molecule has 4 N–H and O–H groups in total. The van der Waals surface area contributed by atoms with Crippen molar-refractivity contribution in [3.8, 4) is 0 Å². The first-order valence-electron chi connectivity index (χ1n) is 10.5. The standard InChI is InChI=1S/C23H27N5O3/c1-23(2,31)6-9-28-13-15-10-19(16(14-4-5-14)11-17(15)22(28)30)27-21(29)18(12-24)20-25-7-3-8-26-20/h3,7-8,10-12,14,31H,4-6,9,13,24H2,1-2H3,(H,27,29). The molecule has 162 valence electrons. The highest BCUT2D eigenvalue weighted by atomic mass is 16.3. The number of nitrogens with zero attached hydrogens (tertiary/aromatic N) is 3. The van der Waals surface area contributed by atoms with Crippen LogP contribution in [0.2, 0.25) is 0 Å². The number of benzene rings is 1. The maximum atomic E-state index is 12.9. The average Bonchev–Trinajstić information content (AvgIpc) is 3.52. The van der Waals surface area contributed by atoms with Gasteiger partial charge in [0.2, 0.25) is 0 Å². The Kier molecular flexibility index (Phi) is 5.49. The summed E-state index contributed by atoms with van der Waals surface area (Å²) in [7, 11) is 0. The zero-order chi connectivity index (χ0) is 22.2. The van der Waals surface area contributed by atoms with Crippen molar-refractivity contribution in [3.63, 3.8) is 0 Å². The van der Waals surface area contributed by atoms with Crippen LogP contribution < -0.4 is 11.1 Å². The fraction of sp³-hybridized carbons (Fsp3) is 0.391. The summed E-state index contributed by atoms with van der Waals surface area (Å²) < 4.78 is 0. The van der Waals surface area contributed by atoms with Gasteiger partial charge in [0.15, 0.2) is 5.82 Å². The molecule has 1 aromatic carbocycles. The van der Waals surface area contributed by atoms with E-state index < -0.39 is 11.5 Å². The second kappa shape index (κ2) is 8.11. The van der Waals surface area contributed by atoms with Crippen molar-refractivity contribution in [1.29, 1.82) is 0 Å². The third kappa shape index (κ3) is 4.59. The van der Waals surface area contributed by atoms with Crippen molar-refractivity contribution >= 4 is 23.1 Å². The maximum Gasteiger partial charge on any atom is 0.260 e. The van der Waals surface area contributed by atoms with Gasteiger partial charge in [-0.3, -0.25) is 9.59 Å². The Hall–Kier alpha value is -3.26. The number of aliphatic hydroxyl groups is 1. The number of anilines is 1. The normalized spacial score (nSPS) is 16.4. The van der Waals surface area contributed by atoms with E-state index in [-0.39, 0.29) is 17.3 Å². The lowest BCUT2D eigenvalue weighted by Crippen LogP contribution is -2.31. The molecule has 1 aromatic heterocycles. The van der Waals surface area contributed by atoms with Crippen LogP contribution in [0.4, 0.5) is 5.69 Å². The van der Waals surface area contributed by atoms with E-state index in [9.17, 15) is 14.7 Å². The molecule has 2 amide bonds. The van der Waals surface area contributed by atoms with Crippen LogP contribution in [0, 0.1) is 0 Å². The monoisotopic (exact) mass is 421 g/mol. The fourth-order valence-electron chi connectivity index (χ4n) is 3.75. The molecule has 0 radical (unpaired) electrons. The van der Waals surface area contributed by atoms with E-state index in [0.717, 1.165) is 24.0 Å². The molecule has 0 atom stereocenters. The number of aromatic nitrogens is 2. The van der Waals surface area contributed by atoms with Gasteiger partial charge in [0, 0.05) is 42.9 Å². The number of hydrogen-bond acceptors (Lipinski definition) is 6. The molecule has 31 heavy (non-hydrogen) atoms. The number of rotatable bonds is 7. The zero-order valence-electron chi connectivity index (χ0n) is 17.8. The molecule has 1 saturated carbocycles. The molecule has 8 heteroatoms. The predicted octanol–water partition coefficient (Wildman–Crippen LogP) is 2.41. The molecule has 1 aliphatic heterocycles. The Bertz CT molecular complexity index is 1040. The highest BCUT2D eigenvalue weighted by molar-refractivity contribution is 6.24. The molecular weight excluding hydrogens is 394 g/mol. The molecule has 1 aliphatic carbocycles. The summed E-state index contributed by atoms with van der Waals surface area (Å²) in [5.74, 6) is 0.166. The van der Waals surface area contributed by atoms with E-state index in [1.807, 2.05) is 12.1 Å². The van der Waals surface area contributed by atoms with E-state index in [0.29, 0.717) is 36.7 Å². The second-order valence-electron chi connectivity index (χ2n) is 8.77. The molecule has 2 aromatic rings. The van der Waals surface area contributed by atoms with Crippen LogP contribution in [-0.4, -0.2) is 43.9 Å². The highest BCUT2D eigenvalue weighted by Gasteiger charge is 2.34. The summed E-state index contributed by atoms with van der Waals surface area (Å²) in [6, 6.07) is 5.48. The minimum absolute atomic E-state index is 0.0285. The van der Waals surface area contributed by atoms with Crippen molar-refractivity contribution in [2.75, 3.05) is 11.9 Å². The fourth-order valence-corrected chi connectivity index (χ4v) is 3.75. The Balaban J connectivity index is 1.59. The molecule has 1 fully saturated rings. The summed E-state index contributed by atoms with van der Waals surface area (Å²) in [5.41, 5.74) is 8.25. The average molecular weight is 422 g/mol. The lowest BCUT2D eigenvalue weighted by atomic mass is 10.00. The van der Waals surface area contributed by atoms with Crippen LogP contribution in [-0.2, 0) is 11.3 Å². The lowest BCUT2D eigenvalue weighted by Gasteiger charge is -2.22. The minimum Gasteiger partial charge on any atom is -0.404 e. The van der Waals surface area contributed by atoms with Gasteiger partial charge < -0.3 is 21.1 Å². The van der Waals surface area contributed by atoms with Crippen molar-refractivity contribution in [2.24, 2.45) is 5.73 Å². The third-order valence-corrected chi connectivity index (χ3v) is 5.63. The van der Waals surface area contributed by atoms with Crippen LogP contribution in [0.15, 0.2) is 36.8 Å². The summed E-state index contributed by atoms with van der Waals surface area (Å²) in [6.07, 6.45) is 6.86. The minimum atomic E-state index is -0.835. The molecular formula is C23H27N5O3. The SMILES string of the molecule is CC(C)(O)CCN1Cc2cc(NC(=O)C(=CN)c3ncccn3)c(C3CC3)cc2C1=O. The Labute approximate surface area is 181 Å². The number of carbonyl (C=O) groups excluding carboxylic acids is 2. The van der Waals surface area contributed by atoms with Crippen molar-refractivity contribution in [1.82, 2.24) is 14.9 Å². The number of carbonyl (C=O) groups is 2. The zero-order valence-corrected chi connectivity index (χ0v) is 17.8. The number of fused-ring (bicyclic) bond motifs is 1. The summed E-state index contributed by atoms with van der Waals surface area (Å²) in [6.45, 7) is 4.40. The number of nitrogens with one attached hydrogen (secondary N) is 1. The molecule has 0 unspecified atom stereocenters. The molecule has 0 saturated heterocycles. The van der Waals surface area contributed by atoms with Crippen LogP contribution in [0.25, 0.3) is 5.57 Å². The smallest absolute Gasteiger partial charge is 0.260 e. The van der Waals surface area contributed by atoms with E-state index in [1.165, 1.54) is 6.20 Å². The van der Waals surface area contributed by atoms with Crippen molar-refractivity contribution in [2.45, 2.75) is 51.2 Å². The van der Waals surface area contributed by atoms with Crippen LogP contribution in [0.3, 0.4) is 0 Å². The number of amides is 2. The second-order valence-corrected chi connectivity index (χ2v) is 8.77. The molecule has 0 spiro atoms. The van der Waals surface area contributed by atoms with Crippen LogP contribution in [0.1, 0.15) is 66.3 Å². The van der Waals surface area contributed by atoms with E-state index in [4.69, 9.17) is 5.73 Å². The van der Waals surface area contributed by atoms with Gasteiger partial charge in [0.05, 0.1) is 11.2 Å². The first-order chi connectivity index (χ1) is 14.8. The lowest BCUT2D eigenvalue weighted by molar-refractivity contribution is -0.111. The number of nitrogens with two attached hydrogens (primary N) is 1. The summed E-state index contributed by atoms with van der Waals surface area (Å²) in [5, 5.41) is 13.0. The van der Waals surface area contributed by atoms with E-state index in [2.05, 4.69) is 15.3 Å². The van der Waals surface area contributed by atoms with E-state index >= 15 is 0 Å². The maximum absolute atomic E-state index is 12.9. The largest absolute Gasteiger partial charge is 0.404 e. The topological polar surface area (TPSA) is 121 Å². The molecule has 4 rings (SSSR count). The predicted molar refractivity (Wildman–Crippen MR) is 117 cm³/mol. The molecule has 2 heterocycles. The Morgan fingerprint density at radius 3 is 2.65 bits per heavy atom. The van der Waals surface area contributed by atoms with Gasteiger partial charge in [-0.15, -0.1) is 0 Å². The molecule has 8 nitrogen and oxygen atoms in total. The summed E-state index contributed by atoms with van der Waals surface area (Å²) >= 11 is 0. The first-order valence-corrected chi connectivity index (χ1v) is 10.5. The van der Waals surface area contributed by atoms with Gasteiger partial charge in [-0.1, -0.05) is 0 Å². The van der Waals surface area contributed by atoms with Crippen molar-refractivity contribution < 1.29 is 14.7 Å². The van der Waals surface area contributed by atoms with E-state index in [1.54, 1.807) is 37.2 Å². The van der Waals surface area contributed by atoms with Gasteiger partial charge in [0.1, 0.15) is 0 Å². The van der Waals surface area contributed by atoms with Gasteiger partial charge in [-0.25, -0.2) is 9.97 Å². The first kappa shape index (κ1) is 21.0. The highest BCUT2D eigenvalue weighted by Crippen LogP contribution is 2.45. The van der Waals surface area contributed by atoms with Gasteiger partial charge in [-0.05, 0) is 68.4 Å². The quantitative estimate of drug-likeness (QED) is 0.590. The van der Waals surface area contributed by atoms with Gasteiger partial charge in [0.25, 0.3) is 11.8 Å². The Morgan fingerprint density at radius 1 is 1.32 bits per heavy atom. The molecule has 0 bridgehead atoms. The molecule has 2 aliphatic rings. The number of hydrogen-bond donors (Lipinski definition) is 3. The summed E-state index contributed by atoms with van der Waals surface area (Å²) in [4.78, 5) is 35.8. The van der Waals surface area contributed by atoms with Gasteiger partial charge in [-0.2, -0.15) is 0 Å². The van der Waals surface area contributed by atoms with Crippen molar-refractivity contribution in [3.05, 3.63) is 59.3 Å². The van der Waals surface area contributed by atoms with Crippen LogP contribution in [0.5, 0.6) is 0 Å². The van der Waals surface area contributed by atoms with Gasteiger partial charge >= 0.3 is 0 Å². The third-order valence-electron chi connectivity index (χ3n) is 5.63.